The summed E-state index contributed by atoms with van der Waals surface area (Å²) in [5.74, 6) is -1.10. The number of aliphatic carboxylic acids is 1. The van der Waals surface area contributed by atoms with Crippen LogP contribution in [0.5, 0.6) is 0 Å². The summed E-state index contributed by atoms with van der Waals surface area (Å²) in [5.41, 5.74) is 0. The Balaban J connectivity index is 2.47. The molecule has 1 saturated heterocycles. The van der Waals surface area contributed by atoms with E-state index in [1.807, 2.05) is 13.8 Å². The van der Waals surface area contributed by atoms with Crippen molar-refractivity contribution in [2.45, 2.75) is 38.5 Å². The van der Waals surface area contributed by atoms with Crippen LogP contribution in [0.4, 0.5) is 4.79 Å². The lowest BCUT2D eigenvalue weighted by atomic mass is 10.2. The Kier molecular flexibility index (Phi) is 5.36. The average molecular weight is 260 g/mol. The van der Waals surface area contributed by atoms with Crippen molar-refractivity contribution >= 4 is 12.0 Å². The number of carbonyl (C=O) groups excluding carboxylic acids is 1. The third-order valence-electron chi connectivity index (χ3n) is 2.82. The Bertz CT molecular complexity index is 310. The maximum Gasteiger partial charge on any atom is 0.326 e. The van der Waals surface area contributed by atoms with Gasteiger partial charge in [-0.2, -0.15) is 0 Å². The first kappa shape index (κ1) is 14.7. The van der Waals surface area contributed by atoms with Crippen molar-refractivity contribution in [1.82, 2.24) is 10.2 Å². The van der Waals surface area contributed by atoms with Crippen LogP contribution < -0.4 is 5.32 Å². The van der Waals surface area contributed by atoms with E-state index in [0.717, 1.165) is 4.90 Å². The van der Waals surface area contributed by atoms with E-state index in [0.29, 0.717) is 13.2 Å². The zero-order chi connectivity index (χ0) is 13.7. The highest BCUT2D eigenvalue weighted by molar-refractivity contribution is 5.83. The van der Waals surface area contributed by atoms with Gasteiger partial charge in [0.25, 0.3) is 0 Å². The second-order valence-electron chi connectivity index (χ2n) is 4.35. The maximum absolute atomic E-state index is 11.8. The number of hydrogen-bond donors (Lipinski definition) is 3. The van der Waals surface area contributed by atoms with Crippen molar-refractivity contribution in [2.75, 3.05) is 19.7 Å². The predicted octanol–water partition coefficient (Wildman–Crippen LogP) is -0.359. The molecule has 0 aromatic rings. The van der Waals surface area contributed by atoms with Crippen LogP contribution in [0, 0.1) is 0 Å². The van der Waals surface area contributed by atoms with E-state index >= 15 is 0 Å². The highest BCUT2D eigenvalue weighted by atomic mass is 16.5. The van der Waals surface area contributed by atoms with Crippen molar-refractivity contribution in [1.29, 1.82) is 0 Å². The van der Waals surface area contributed by atoms with E-state index in [-0.39, 0.29) is 19.1 Å². The fraction of sp³-hybridized carbons (Fsp3) is 0.818. The van der Waals surface area contributed by atoms with E-state index in [4.69, 9.17) is 9.84 Å². The van der Waals surface area contributed by atoms with Gasteiger partial charge >= 0.3 is 12.0 Å². The van der Waals surface area contributed by atoms with Crippen LogP contribution in [-0.2, 0) is 9.53 Å². The van der Waals surface area contributed by atoms with Crippen molar-refractivity contribution in [3.05, 3.63) is 0 Å². The number of carbonyl (C=O) groups is 2. The number of hydrogen-bond acceptors (Lipinski definition) is 4. The number of nitrogens with one attached hydrogen (secondary N) is 1. The first-order chi connectivity index (χ1) is 8.45. The second kappa shape index (κ2) is 6.55. The van der Waals surface area contributed by atoms with Gasteiger partial charge in [0.15, 0.2) is 0 Å². The molecule has 18 heavy (non-hydrogen) atoms. The summed E-state index contributed by atoms with van der Waals surface area (Å²) in [7, 11) is 0. The van der Waals surface area contributed by atoms with Gasteiger partial charge in [0.05, 0.1) is 12.2 Å². The zero-order valence-electron chi connectivity index (χ0n) is 10.6. The summed E-state index contributed by atoms with van der Waals surface area (Å²) < 4.78 is 5.25. The number of likely N-dealkylation sites (tertiary alicyclic amines) is 1. The quantitative estimate of drug-likeness (QED) is 0.627. The van der Waals surface area contributed by atoms with E-state index in [1.165, 1.54) is 0 Å². The molecule has 0 radical (unpaired) electrons. The molecular weight excluding hydrogens is 240 g/mol. The van der Waals surface area contributed by atoms with Gasteiger partial charge < -0.3 is 25.2 Å². The van der Waals surface area contributed by atoms with Gasteiger partial charge in [-0.1, -0.05) is 0 Å². The van der Waals surface area contributed by atoms with Crippen molar-refractivity contribution < 1.29 is 24.5 Å². The minimum absolute atomic E-state index is 0.0474. The second-order valence-corrected chi connectivity index (χ2v) is 4.35. The number of nitrogens with zero attached hydrogens (tertiary/aromatic N) is 1. The third kappa shape index (κ3) is 3.85. The number of rotatable bonds is 5. The SMILES string of the molecule is CCOC(C)CNC(=O)N1C[C@H](O)C[C@H]1C(=O)O. The van der Waals surface area contributed by atoms with Crippen LogP contribution in [-0.4, -0.2) is 65.1 Å². The fourth-order valence-corrected chi connectivity index (χ4v) is 1.95. The van der Waals surface area contributed by atoms with E-state index in [2.05, 4.69) is 5.32 Å². The Morgan fingerprint density at radius 3 is 2.78 bits per heavy atom. The summed E-state index contributed by atoms with van der Waals surface area (Å²) in [6, 6.07) is -1.44. The fourth-order valence-electron chi connectivity index (χ4n) is 1.95. The Morgan fingerprint density at radius 2 is 2.22 bits per heavy atom. The van der Waals surface area contributed by atoms with Gasteiger partial charge in [-0.05, 0) is 13.8 Å². The van der Waals surface area contributed by atoms with Gasteiger partial charge in [-0.15, -0.1) is 0 Å². The summed E-state index contributed by atoms with van der Waals surface area (Å²) in [6.45, 7) is 4.58. The lowest BCUT2D eigenvalue weighted by Gasteiger charge is -2.22. The number of carboxylic acids is 1. The molecule has 1 unspecified atom stereocenters. The topological polar surface area (TPSA) is 99.1 Å². The summed E-state index contributed by atoms with van der Waals surface area (Å²) >= 11 is 0. The lowest BCUT2D eigenvalue weighted by Crippen LogP contribution is -2.47. The number of aliphatic hydroxyl groups excluding tert-OH is 1. The molecule has 0 spiro atoms. The Labute approximate surface area is 106 Å². The molecule has 2 amide bonds. The van der Waals surface area contributed by atoms with Crippen LogP contribution in [0.1, 0.15) is 20.3 Å². The molecule has 0 aliphatic carbocycles. The Hall–Kier alpha value is -1.34. The smallest absolute Gasteiger partial charge is 0.326 e. The van der Waals surface area contributed by atoms with E-state index < -0.39 is 24.1 Å². The molecule has 1 fully saturated rings. The third-order valence-corrected chi connectivity index (χ3v) is 2.82. The molecule has 3 N–H and O–H groups in total. The molecule has 7 nitrogen and oxygen atoms in total. The summed E-state index contributed by atoms with van der Waals surface area (Å²) in [5, 5.41) is 21.0. The number of β-amino-alcohol motifs (C(OH)–C–C–N with tert-alkyl or cyclic N) is 1. The monoisotopic (exact) mass is 260 g/mol. The molecule has 1 heterocycles. The highest BCUT2D eigenvalue weighted by Crippen LogP contribution is 2.17. The molecule has 0 saturated carbocycles. The number of ether oxygens (including phenoxy) is 1. The highest BCUT2D eigenvalue weighted by Gasteiger charge is 2.38. The van der Waals surface area contributed by atoms with Crippen molar-refractivity contribution in [2.24, 2.45) is 0 Å². The molecule has 0 bridgehead atoms. The minimum atomic E-state index is -1.10. The van der Waals surface area contributed by atoms with Crippen LogP contribution in [0.25, 0.3) is 0 Å². The molecule has 1 rings (SSSR count). The normalized spacial score (nSPS) is 24.9. The maximum atomic E-state index is 11.8. The molecule has 7 heteroatoms. The Morgan fingerprint density at radius 1 is 1.56 bits per heavy atom. The minimum Gasteiger partial charge on any atom is -0.480 e. The number of amides is 2. The first-order valence-corrected chi connectivity index (χ1v) is 6.02. The molecule has 1 aliphatic rings. The first-order valence-electron chi connectivity index (χ1n) is 6.02. The molecular formula is C11H20N2O5. The summed E-state index contributed by atoms with van der Waals surface area (Å²) in [6.07, 6.45) is -0.833. The van der Waals surface area contributed by atoms with Crippen molar-refractivity contribution in [3.63, 3.8) is 0 Å². The largest absolute Gasteiger partial charge is 0.480 e. The molecule has 0 aromatic heterocycles. The number of carboxylic acid groups (broad SMARTS) is 1. The zero-order valence-corrected chi connectivity index (χ0v) is 10.6. The van der Waals surface area contributed by atoms with Gasteiger partial charge in [-0.3, -0.25) is 0 Å². The molecule has 104 valence electrons. The average Bonchev–Trinajstić information content (AvgIpc) is 2.69. The summed E-state index contributed by atoms with van der Waals surface area (Å²) in [4.78, 5) is 23.9. The number of aliphatic hydroxyl groups is 1. The van der Waals surface area contributed by atoms with E-state index in [1.54, 1.807) is 0 Å². The van der Waals surface area contributed by atoms with Gasteiger partial charge in [0.2, 0.25) is 0 Å². The van der Waals surface area contributed by atoms with E-state index in [9.17, 15) is 14.7 Å². The van der Waals surface area contributed by atoms with Crippen LogP contribution in [0.3, 0.4) is 0 Å². The standard InChI is InChI=1S/C11H20N2O5/c1-3-18-7(2)5-12-11(17)13-6-8(14)4-9(13)10(15)16/h7-9,14H,3-6H2,1-2H3,(H,12,17)(H,15,16)/t7?,8-,9+/m1/s1. The molecule has 3 atom stereocenters. The predicted molar refractivity (Wildman–Crippen MR) is 63.2 cm³/mol. The number of urea groups is 1. The molecule has 1 aliphatic heterocycles. The lowest BCUT2D eigenvalue weighted by molar-refractivity contribution is -0.141. The van der Waals surface area contributed by atoms with Gasteiger partial charge in [-0.25, -0.2) is 9.59 Å². The van der Waals surface area contributed by atoms with Crippen LogP contribution >= 0.6 is 0 Å². The van der Waals surface area contributed by atoms with Crippen molar-refractivity contribution in [3.8, 4) is 0 Å². The van der Waals surface area contributed by atoms with Crippen LogP contribution in [0.2, 0.25) is 0 Å². The van der Waals surface area contributed by atoms with Gasteiger partial charge in [0.1, 0.15) is 6.04 Å². The van der Waals surface area contributed by atoms with Crippen LogP contribution in [0.15, 0.2) is 0 Å². The van der Waals surface area contributed by atoms with Gasteiger partial charge in [0, 0.05) is 26.1 Å². The molecule has 0 aromatic carbocycles.